The largest absolute Gasteiger partial charge is 0.336 e. The molecule has 5 heteroatoms. The van der Waals surface area contributed by atoms with Crippen LogP contribution < -0.4 is 4.90 Å². The molecule has 140 valence electrons. The van der Waals surface area contributed by atoms with Crippen molar-refractivity contribution in [3.05, 3.63) is 65.7 Å². The van der Waals surface area contributed by atoms with E-state index in [1.54, 1.807) is 24.3 Å². The Morgan fingerprint density at radius 1 is 1.04 bits per heavy atom. The minimum absolute atomic E-state index is 0.0189. The van der Waals surface area contributed by atoms with Crippen molar-refractivity contribution in [2.45, 2.75) is 39.8 Å². The van der Waals surface area contributed by atoms with Crippen molar-refractivity contribution < 1.29 is 9.59 Å². The van der Waals surface area contributed by atoms with Crippen LogP contribution in [-0.2, 0) is 16.1 Å². The van der Waals surface area contributed by atoms with Crippen molar-refractivity contribution in [2.75, 3.05) is 11.4 Å². The molecule has 0 aliphatic heterocycles. The molecular weight excluding hydrogens is 338 g/mol. The number of nitrogens with zero attached hydrogens (tertiary/aromatic N) is 3. The van der Waals surface area contributed by atoms with E-state index in [2.05, 4.69) is 6.07 Å². The van der Waals surface area contributed by atoms with E-state index in [-0.39, 0.29) is 30.8 Å². The number of carbonyl (C=O) groups excluding carboxylic acids is 2. The van der Waals surface area contributed by atoms with Crippen LogP contribution in [0.3, 0.4) is 0 Å². The van der Waals surface area contributed by atoms with Gasteiger partial charge in [0.25, 0.3) is 0 Å². The third-order valence-electron chi connectivity index (χ3n) is 4.38. The molecule has 0 heterocycles. The van der Waals surface area contributed by atoms with Crippen molar-refractivity contribution >= 4 is 17.5 Å². The number of hydrogen-bond acceptors (Lipinski definition) is 3. The summed E-state index contributed by atoms with van der Waals surface area (Å²) in [5, 5.41) is 9.29. The summed E-state index contributed by atoms with van der Waals surface area (Å²) in [5.41, 5.74) is 2.03. The second-order valence-corrected chi connectivity index (χ2v) is 6.65. The van der Waals surface area contributed by atoms with Gasteiger partial charge in [-0.3, -0.25) is 9.59 Å². The standard InChI is InChI=1S/C22H25N3O2/c1-17(2)25(16-19-9-5-4-6-10-19)22(27)13-14-24(18(3)26)21-12-8-7-11-20(21)15-23/h4-12,17H,13-14,16H2,1-3H3. The van der Waals surface area contributed by atoms with Gasteiger partial charge in [0.2, 0.25) is 11.8 Å². The van der Waals surface area contributed by atoms with Crippen LogP contribution >= 0.6 is 0 Å². The molecule has 0 bridgehead atoms. The third-order valence-corrected chi connectivity index (χ3v) is 4.38. The Bertz CT molecular complexity index is 825. The number of benzene rings is 2. The summed E-state index contributed by atoms with van der Waals surface area (Å²) in [6.45, 7) is 6.18. The first kappa shape index (κ1) is 20.2. The normalized spacial score (nSPS) is 10.3. The highest BCUT2D eigenvalue weighted by Gasteiger charge is 2.21. The Morgan fingerprint density at radius 3 is 2.26 bits per heavy atom. The lowest BCUT2D eigenvalue weighted by molar-refractivity contribution is -0.133. The van der Waals surface area contributed by atoms with Gasteiger partial charge in [0.05, 0.1) is 11.3 Å². The van der Waals surface area contributed by atoms with Gasteiger partial charge in [-0.15, -0.1) is 0 Å². The van der Waals surface area contributed by atoms with E-state index >= 15 is 0 Å². The molecule has 0 N–H and O–H groups in total. The Kier molecular flexibility index (Phi) is 7.13. The molecular formula is C22H25N3O2. The predicted molar refractivity (Wildman–Crippen MR) is 106 cm³/mol. The van der Waals surface area contributed by atoms with Crippen LogP contribution in [0, 0.1) is 11.3 Å². The highest BCUT2D eigenvalue weighted by molar-refractivity contribution is 5.93. The first-order valence-electron chi connectivity index (χ1n) is 9.04. The lowest BCUT2D eigenvalue weighted by Crippen LogP contribution is -2.39. The Hall–Kier alpha value is -3.13. The van der Waals surface area contributed by atoms with Gasteiger partial charge in [-0.25, -0.2) is 0 Å². The Labute approximate surface area is 160 Å². The van der Waals surface area contributed by atoms with Crippen LogP contribution in [-0.4, -0.2) is 29.3 Å². The highest BCUT2D eigenvalue weighted by atomic mass is 16.2. The first-order valence-corrected chi connectivity index (χ1v) is 9.04. The SMILES string of the molecule is CC(=O)N(CCC(=O)N(Cc1ccccc1)C(C)C)c1ccccc1C#N. The molecule has 0 atom stereocenters. The summed E-state index contributed by atoms with van der Waals surface area (Å²) in [6, 6.07) is 18.9. The van der Waals surface area contributed by atoms with Crippen LogP contribution in [0.5, 0.6) is 0 Å². The van der Waals surface area contributed by atoms with Gasteiger partial charge in [0, 0.05) is 32.5 Å². The van der Waals surface area contributed by atoms with Gasteiger partial charge in [-0.2, -0.15) is 5.26 Å². The van der Waals surface area contributed by atoms with E-state index in [1.807, 2.05) is 49.1 Å². The molecule has 0 saturated carbocycles. The Balaban J connectivity index is 2.12. The molecule has 0 unspecified atom stereocenters. The maximum atomic E-state index is 12.8. The summed E-state index contributed by atoms with van der Waals surface area (Å²) in [4.78, 5) is 28.2. The number of carbonyl (C=O) groups is 2. The molecule has 0 fully saturated rings. The molecule has 0 aromatic heterocycles. The second-order valence-electron chi connectivity index (χ2n) is 6.65. The quantitative estimate of drug-likeness (QED) is 0.753. The third kappa shape index (κ3) is 5.42. The van der Waals surface area contributed by atoms with Crippen LogP contribution in [0.1, 0.15) is 38.3 Å². The summed E-state index contributed by atoms with van der Waals surface area (Å²) < 4.78 is 0. The number of anilines is 1. The summed E-state index contributed by atoms with van der Waals surface area (Å²) in [6.07, 6.45) is 0.199. The van der Waals surface area contributed by atoms with Crippen LogP contribution in [0.4, 0.5) is 5.69 Å². The van der Waals surface area contributed by atoms with E-state index < -0.39 is 0 Å². The molecule has 0 spiro atoms. The predicted octanol–water partition coefficient (Wildman–Crippen LogP) is 3.74. The van der Waals surface area contributed by atoms with Gasteiger partial charge >= 0.3 is 0 Å². The molecule has 5 nitrogen and oxygen atoms in total. The molecule has 0 aliphatic carbocycles. The van der Waals surface area contributed by atoms with Crippen LogP contribution in [0.15, 0.2) is 54.6 Å². The van der Waals surface area contributed by atoms with E-state index in [1.165, 1.54) is 11.8 Å². The molecule has 2 aromatic carbocycles. The van der Waals surface area contributed by atoms with E-state index in [9.17, 15) is 14.9 Å². The molecule has 2 aromatic rings. The minimum atomic E-state index is -0.190. The zero-order valence-corrected chi connectivity index (χ0v) is 16.1. The number of amides is 2. The van der Waals surface area contributed by atoms with Crippen LogP contribution in [0.25, 0.3) is 0 Å². The van der Waals surface area contributed by atoms with Gasteiger partial charge in [-0.1, -0.05) is 42.5 Å². The van der Waals surface area contributed by atoms with E-state index in [0.717, 1.165) is 5.56 Å². The fourth-order valence-corrected chi connectivity index (χ4v) is 2.94. The summed E-state index contributed by atoms with van der Waals surface area (Å²) in [5.74, 6) is -0.209. The molecule has 0 radical (unpaired) electrons. The van der Waals surface area contributed by atoms with Crippen molar-refractivity contribution in [3.63, 3.8) is 0 Å². The number of nitriles is 1. The number of para-hydroxylation sites is 1. The number of hydrogen-bond donors (Lipinski definition) is 0. The van der Waals surface area contributed by atoms with Crippen molar-refractivity contribution in [3.8, 4) is 6.07 Å². The van der Waals surface area contributed by atoms with E-state index in [4.69, 9.17) is 0 Å². The maximum absolute atomic E-state index is 12.8. The number of rotatable bonds is 7. The molecule has 0 aliphatic rings. The fourth-order valence-electron chi connectivity index (χ4n) is 2.94. The van der Waals surface area contributed by atoms with Crippen molar-refractivity contribution in [1.82, 2.24) is 4.90 Å². The molecule has 27 heavy (non-hydrogen) atoms. The lowest BCUT2D eigenvalue weighted by Gasteiger charge is -2.29. The molecule has 2 amide bonds. The topological polar surface area (TPSA) is 64.4 Å². The smallest absolute Gasteiger partial charge is 0.224 e. The molecule has 0 saturated heterocycles. The zero-order valence-electron chi connectivity index (χ0n) is 16.1. The molecule has 2 rings (SSSR count). The zero-order chi connectivity index (χ0) is 19.8. The average Bonchev–Trinajstić information content (AvgIpc) is 2.66. The van der Waals surface area contributed by atoms with Gasteiger partial charge in [0.1, 0.15) is 6.07 Å². The first-order chi connectivity index (χ1) is 12.9. The van der Waals surface area contributed by atoms with Crippen molar-refractivity contribution in [1.29, 1.82) is 5.26 Å². The average molecular weight is 363 g/mol. The maximum Gasteiger partial charge on any atom is 0.224 e. The monoisotopic (exact) mass is 363 g/mol. The fraction of sp³-hybridized carbons (Fsp3) is 0.318. The van der Waals surface area contributed by atoms with Gasteiger partial charge in [-0.05, 0) is 31.5 Å². The summed E-state index contributed by atoms with van der Waals surface area (Å²) in [7, 11) is 0. The lowest BCUT2D eigenvalue weighted by atomic mass is 10.1. The van der Waals surface area contributed by atoms with Crippen molar-refractivity contribution in [2.24, 2.45) is 0 Å². The van der Waals surface area contributed by atoms with Gasteiger partial charge in [0.15, 0.2) is 0 Å². The van der Waals surface area contributed by atoms with E-state index in [0.29, 0.717) is 17.8 Å². The van der Waals surface area contributed by atoms with Gasteiger partial charge < -0.3 is 9.80 Å². The minimum Gasteiger partial charge on any atom is -0.336 e. The second kappa shape index (κ2) is 9.54. The summed E-state index contributed by atoms with van der Waals surface area (Å²) >= 11 is 0. The highest BCUT2D eigenvalue weighted by Crippen LogP contribution is 2.20. The Morgan fingerprint density at radius 2 is 1.67 bits per heavy atom. The van der Waals surface area contributed by atoms with Crippen LogP contribution in [0.2, 0.25) is 0 Å².